The molecular weight excluding hydrogens is 202 g/mol. The van der Waals surface area contributed by atoms with Crippen LogP contribution in [-0.4, -0.2) is 47.1 Å². The number of nitrogen functional groups attached to an aromatic ring is 1. The molecule has 0 amide bonds. The van der Waals surface area contributed by atoms with Crippen molar-refractivity contribution in [3.8, 4) is 0 Å². The lowest BCUT2D eigenvalue weighted by atomic mass is 10.1. The Morgan fingerprint density at radius 2 is 1.88 bits per heavy atom. The first-order valence-electron chi connectivity index (χ1n) is 5.62. The van der Waals surface area contributed by atoms with Gasteiger partial charge in [0.1, 0.15) is 11.6 Å². The third-order valence-electron chi connectivity index (χ3n) is 3.32. The normalized spacial score (nSPS) is 27.1. The summed E-state index contributed by atoms with van der Waals surface area (Å²) in [5.74, 6) is 1.36. The van der Waals surface area contributed by atoms with E-state index in [-0.39, 0.29) is 0 Å². The third-order valence-corrected chi connectivity index (χ3v) is 3.32. The van der Waals surface area contributed by atoms with Crippen LogP contribution in [0.3, 0.4) is 0 Å². The second-order valence-electron chi connectivity index (χ2n) is 4.57. The van der Waals surface area contributed by atoms with E-state index in [1.54, 1.807) is 12.4 Å². The van der Waals surface area contributed by atoms with E-state index in [9.17, 15) is 0 Å². The number of anilines is 2. The Bertz CT molecular complexity index is 355. The van der Waals surface area contributed by atoms with E-state index in [4.69, 9.17) is 5.73 Å². The summed E-state index contributed by atoms with van der Waals surface area (Å²) in [7, 11) is 2.16. The number of hydrogen-bond acceptors (Lipinski definition) is 5. The number of hydrogen-bond donors (Lipinski definition) is 1. The lowest BCUT2D eigenvalue weighted by Gasteiger charge is -2.42. The molecule has 0 aromatic carbocycles. The van der Waals surface area contributed by atoms with Gasteiger partial charge in [0.2, 0.25) is 0 Å². The van der Waals surface area contributed by atoms with Gasteiger partial charge in [-0.05, 0) is 20.9 Å². The molecule has 0 bridgehead atoms. The molecule has 5 nitrogen and oxygen atoms in total. The van der Waals surface area contributed by atoms with Gasteiger partial charge in [-0.1, -0.05) is 0 Å². The van der Waals surface area contributed by atoms with Crippen molar-refractivity contribution in [2.45, 2.75) is 25.9 Å². The summed E-state index contributed by atoms with van der Waals surface area (Å²) in [4.78, 5) is 13.0. The first-order chi connectivity index (χ1) is 7.58. The molecule has 2 atom stereocenters. The zero-order valence-electron chi connectivity index (χ0n) is 10.1. The lowest BCUT2D eigenvalue weighted by molar-refractivity contribution is 0.169. The maximum absolute atomic E-state index is 5.65. The fourth-order valence-corrected chi connectivity index (χ4v) is 2.11. The third kappa shape index (κ3) is 2.09. The highest BCUT2D eigenvalue weighted by atomic mass is 15.3. The minimum absolute atomic E-state index is 0.483. The van der Waals surface area contributed by atoms with Crippen molar-refractivity contribution in [1.82, 2.24) is 14.9 Å². The van der Waals surface area contributed by atoms with Crippen LogP contribution in [0.25, 0.3) is 0 Å². The largest absolute Gasteiger partial charge is 0.382 e. The topological polar surface area (TPSA) is 58.3 Å². The first-order valence-corrected chi connectivity index (χ1v) is 5.62. The average molecular weight is 221 g/mol. The predicted molar refractivity (Wildman–Crippen MR) is 65.3 cm³/mol. The van der Waals surface area contributed by atoms with Gasteiger partial charge in [-0.2, -0.15) is 0 Å². The number of likely N-dealkylation sites (N-methyl/N-ethyl adjacent to an activating group) is 1. The molecule has 0 aliphatic carbocycles. The van der Waals surface area contributed by atoms with Crippen molar-refractivity contribution in [3.05, 3.63) is 12.4 Å². The molecule has 2 N–H and O–H groups in total. The van der Waals surface area contributed by atoms with Crippen LogP contribution in [0, 0.1) is 0 Å². The molecule has 1 aliphatic heterocycles. The predicted octanol–water partition coefficient (Wildman–Crippen LogP) is 0.588. The average Bonchev–Trinajstić information content (AvgIpc) is 2.25. The molecule has 0 spiro atoms. The van der Waals surface area contributed by atoms with Gasteiger partial charge in [-0.15, -0.1) is 0 Å². The summed E-state index contributed by atoms with van der Waals surface area (Å²) in [6.07, 6.45) is 3.35. The van der Waals surface area contributed by atoms with Crippen LogP contribution >= 0.6 is 0 Å². The zero-order valence-corrected chi connectivity index (χ0v) is 10.1. The molecule has 0 saturated carbocycles. The molecule has 88 valence electrons. The fourth-order valence-electron chi connectivity index (χ4n) is 2.11. The summed E-state index contributed by atoms with van der Waals surface area (Å²) in [5.41, 5.74) is 5.65. The second kappa shape index (κ2) is 4.25. The number of aromatic nitrogens is 2. The van der Waals surface area contributed by atoms with Gasteiger partial charge in [0, 0.05) is 25.2 Å². The molecular formula is C11H19N5. The van der Waals surface area contributed by atoms with Crippen LogP contribution in [0.2, 0.25) is 0 Å². The van der Waals surface area contributed by atoms with Gasteiger partial charge >= 0.3 is 0 Å². The van der Waals surface area contributed by atoms with E-state index in [0.717, 1.165) is 18.9 Å². The lowest BCUT2D eigenvalue weighted by Crippen LogP contribution is -2.55. The molecule has 0 radical (unpaired) electrons. The number of nitrogens with two attached hydrogens (primary N) is 1. The van der Waals surface area contributed by atoms with Crippen LogP contribution in [0.4, 0.5) is 11.6 Å². The molecule has 1 fully saturated rings. The van der Waals surface area contributed by atoms with Gasteiger partial charge < -0.3 is 10.6 Å². The summed E-state index contributed by atoms with van der Waals surface area (Å²) >= 11 is 0. The smallest absolute Gasteiger partial charge is 0.149 e. The highest BCUT2D eigenvalue weighted by Gasteiger charge is 2.27. The Hall–Kier alpha value is -1.36. The van der Waals surface area contributed by atoms with Gasteiger partial charge in [0.05, 0.1) is 12.4 Å². The van der Waals surface area contributed by atoms with E-state index >= 15 is 0 Å². The molecule has 2 unspecified atom stereocenters. The van der Waals surface area contributed by atoms with Crippen LogP contribution in [0.15, 0.2) is 12.4 Å². The molecule has 2 rings (SSSR count). The number of rotatable bonds is 1. The Morgan fingerprint density at radius 1 is 1.25 bits per heavy atom. The van der Waals surface area contributed by atoms with Crippen molar-refractivity contribution >= 4 is 11.6 Å². The molecule has 16 heavy (non-hydrogen) atoms. The Labute approximate surface area is 96.3 Å². The second-order valence-corrected chi connectivity index (χ2v) is 4.57. The van der Waals surface area contributed by atoms with Crippen molar-refractivity contribution in [2.24, 2.45) is 0 Å². The van der Waals surface area contributed by atoms with Crippen molar-refractivity contribution in [1.29, 1.82) is 0 Å². The fraction of sp³-hybridized carbons (Fsp3) is 0.636. The van der Waals surface area contributed by atoms with Crippen molar-refractivity contribution in [3.63, 3.8) is 0 Å². The minimum Gasteiger partial charge on any atom is -0.382 e. The Kier molecular flexibility index (Phi) is 2.96. The molecule has 2 heterocycles. The van der Waals surface area contributed by atoms with E-state index in [0.29, 0.717) is 17.9 Å². The Morgan fingerprint density at radius 3 is 2.44 bits per heavy atom. The summed E-state index contributed by atoms with van der Waals surface area (Å²) in [6.45, 7) is 6.39. The Balaban J connectivity index is 2.17. The molecule has 1 aliphatic rings. The monoisotopic (exact) mass is 221 g/mol. The highest BCUT2D eigenvalue weighted by Crippen LogP contribution is 2.19. The van der Waals surface area contributed by atoms with E-state index < -0.39 is 0 Å². The summed E-state index contributed by atoms with van der Waals surface area (Å²) in [5, 5.41) is 0. The van der Waals surface area contributed by atoms with E-state index in [2.05, 4.69) is 40.7 Å². The molecule has 1 saturated heterocycles. The quantitative estimate of drug-likeness (QED) is 0.752. The van der Waals surface area contributed by atoms with Gasteiger partial charge in [0.25, 0.3) is 0 Å². The van der Waals surface area contributed by atoms with Crippen LogP contribution in [-0.2, 0) is 0 Å². The van der Waals surface area contributed by atoms with E-state index in [1.807, 2.05) is 0 Å². The number of nitrogens with zero attached hydrogens (tertiary/aromatic N) is 4. The van der Waals surface area contributed by atoms with Crippen molar-refractivity contribution < 1.29 is 0 Å². The van der Waals surface area contributed by atoms with Crippen LogP contribution in [0.5, 0.6) is 0 Å². The standard InChI is InChI=1S/C11H19N5/c1-8-6-16(7-9(2)15(8)3)11-5-13-4-10(12)14-11/h4-5,8-9H,6-7H2,1-3H3,(H2,12,14). The molecule has 1 aromatic rings. The van der Waals surface area contributed by atoms with Gasteiger partial charge in [-0.3, -0.25) is 9.88 Å². The SMILES string of the molecule is CC1CN(c2cncc(N)n2)CC(C)N1C. The first kappa shape index (κ1) is 11.1. The summed E-state index contributed by atoms with van der Waals surface area (Å²) < 4.78 is 0. The minimum atomic E-state index is 0.483. The van der Waals surface area contributed by atoms with E-state index in [1.165, 1.54) is 0 Å². The molecule has 1 aromatic heterocycles. The maximum atomic E-state index is 5.65. The van der Waals surface area contributed by atoms with Crippen molar-refractivity contribution in [2.75, 3.05) is 30.8 Å². The number of piperazine rings is 1. The van der Waals surface area contributed by atoms with Gasteiger partial charge in [-0.25, -0.2) is 4.98 Å². The zero-order chi connectivity index (χ0) is 11.7. The summed E-state index contributed by atoms with van der Waals surface area (Å²) in [6, 6.07) is 1.04. The van der Waals surface area contributed by atoms with Crippen LogP contribution < -0.4 is 10.6 Å². The van der Waals surface area contributed by atoms with Gasteiger partial charge in [0.15, 0.2) is 0 Å². The maximum Gasteiger partial charge on any atom is 0.149 e. The van der Waals surface area contributed by atoms with Crippen LogP contribution in [0.1, 0.15) is 13.8 Å². The highest BCUT2D eigenvalue weighted by molar-refractivity contribution is 5.42. The molecule has 5 heteroatoms.